The first-order chi connectivity index (χ1) is 8.50. The number of aliphatic hydroxyl groups is 1. The van der Waals surface area contributed by atoms with E-state index in [4.69, 9.17) is 11.6 Å². The highest BCUT2D eigenvalue weighted by Crippen LogP contribution is 2.31. The number of benzene rings is 1. The minimum absolute atomic E-state index is 0.0177. The first-order valence-corrected chi connectivity index (χ1v) is 5.62. The Bertz CT molecular complexity index is 589. The van der Waals surface area contributed by atoms with Gasteiger partial charge in [0.1, 0.15) is 6.10 Å². The van der Waals surface area contributed by atoms with E-state index in [0.29, 0.717) is 11.3 Å². The van der Waals surface area contributed by atoms with Crippen molar-refractivity contribution in [2.45, 2.75) is 13.0 Å². The van der Waals surface area contributed by atoms with Gasteiger partial charge in [0.25, 0.3) is 0 Å². The summed E-state index contributed by atoms with van der Waals surface area (Å²) >= 11 is 5.80. The summed E-state index contributed by atoms with van der Waals surface area (Å²) in [4.78, 5) is 3.97. The highest BCUT2D eigenvalue weighted by molar-refractivity contribution is 6.31. The van der Waals surface area contributed by atoms with Gasteiger partial charge in [0.05, 0.1) is 0 Å². The van der Waals surface area contributed by atoms with Crippen molar-refractivity contribution in [3.05, 3.63) is 63.9 Å². The van der Waals surface area contributed by atoms with E-state index in [1.807, 2.05) is 0 Å². The standard InChI is InChI=1S/C13H10ClF2NO/c1-7-6-8(4-5-17-7)13(18)11-9(14)2-3-10(15)12(11)16/h2-6,13,18H,1H3. The second-order valence-electron chi connectivity index (χ2n) is 3.89. The Labute approximate surface area is 108 Å². The molecule has 1 aromatic carbocycles. The van der Waals surface area contributed by atoms with Crippen molar-refractivity contribution in [3.63, 3.8) is 0 Å². The van der Waals surface area contributed by atoms with Crippen LogP contribution in [0.2, 0.25) is 5.02 Å². The summed E-state index contributed by atoms with van der Waals surface area (Å²) in [6, 6.07) is 5.25. The Morgan fingerprint density at radius 1 is 1.28 bits per heavy atom. The van der Waals surface area contributed by atoms with Crippen LogP contribution in [0.4, 0.5) is 8.78 Å². The lowest BCUT2D eigenvalue weighted by Crippen LogP contribution is -2.06. The molecule has 2 nitrogen and oxygen atoms in total. The molecular formula is C13H10ClF2NO. The lowest BCUT2D eigenvalue weighted by Gasteiger charge is -2.14. The molecular weight excluding hydrogens is 260 g/mol. The van der Waals surface area contributed by atoms with Crippen molar-refractivity contribution in [1.29, 1.82) is 0 Å². The lowest BCUT2D eigenvalue weighted by atomic mass is 10.0. The van der Waals surface area contributed by atoms with Gasteiger partial charge in [-0.2, -0.15) is 0 Å². The number of halogens is 3. The topological polar surface area (TPSA) is 33.1 Å². The van der Waals surface area contributed by atoms with E-state index in [0.717, 1.165) is 6.07 Å². The first-order valence-electron chi connectivity index (χ1n) is 5.24. The summed E-state index contributed by atoms with van der Waals surface area (Å²) in [6.07, 6.45) is 0.161. The molecule has 1 atom stereocenters. The Hall–Kier alpha value is -1.52. The molecule has 0 spiro atoms. The molecule has 0 saturated carbocycles. The molecule has 0 radical (unpaired) electrons. The van der Waals surface area contributed by atoms with Crippen LogP contribution in [0, 0.1) is 18.6 Å². The molecule has 1 heterocycles. The summed E-state index contributed by atoms with van der Waals surface area (Å²) in [6.45, 7) is 1.74. The van der Waals surface area contributed by atoms with Crippen LogP contribution in [0.3, 0.4) is 0 Å². The second kappa shape index (κ2) is 5.00. The minimum Gasteiger partial charge on any atom is -0.383 e. The maximum atomic E-state index is 13.7. The average molecular weight is 270 g/mol. The molecule has 0 aliphatic rings. The molecule has 0 amide bonds. The predicted octanol–water partition coefficient (Wildman–Crippen LogP) is 3.40. The lowest BCUT2D eigenvalue weighted by molar-refractivity contribution is 0.213. The maximum absolute atomic E-state index is 13.7. The second-order valence-corrected chi connectivity index (χ2v) is 4.30. The van der Waals surface area contributed by atoms with Crippen molar-refractivity contribution in [2.75, 3.05) is 0 Å². The molecule has 94 valence electrons. The van der Waals surface area contributed by atoms with Gasteiger partial charge in [-0.1, -0.05) is 11.6 Å². The molecule has 0 bridgehead atoms. The molecule has 1 N–H and O–H groups in total. The minimum atomic E-state index is -1.32. The quantitative estimate of drug-likeness (QED) is 0.848. The van der Waals surface area contributed by atoms with Crippen LogP contribution in [-0.4, -0.2) is 10.1 Å². The van der Waals surface area contributed by atoms with Crippen molar-refractivity contribution in [2.24, 2.45) is 0 Å². The molecule has 0 aliphatic carbocycles. The largest absolute Gasteiger partial charge is 0.383 e. The summed E-state index contributed by atoms with van der Waals surface area (Å²) in [5, 5.41) is 10.1. The van der Waals surface area contributed by atoms with Crippen molar-refractivity contribution in [1.82, 2.24) is 4.98 Å². The van der Waals surface area contributed by atoms with Crippen LogP contribution in [0.5, 0.6) is 0 Å². The van der Waals surface area contributed by atoms with Gasteiger partial charge in [-0.3, -0.25) is 4.98 Å². The zero-order valence-electron chi connectivity index (χ0n) is 9.49. The van der Waals surface area contributed by atoms with Crippen molar-refractivity contribution in [3.8, 4) is 0 Å². The van der Waals surface area contributed by atoms with Gasteiger partial charge in [0, 0.05) is 22.5 Å². The van der Waals surface area contributed by atoms with Gasteiger partial charge in [-0.05, 0) is 36.8 Å². The number of aliphatic hydroxyl groups excluding tert-OH is 1. The third kappa shape index (κ3) is 2.35. The molecule has 0 fully saturated rings. The average Bonchev–Trinajstić information content (AvgIpc) is 2.34. The highest BCUT2D eigenvalue weighted by Gasteiger charge is 2.21. The summed E-state index contributed by atoms with van der Waals surface area (Å²) in [5.41, 5.74) is 0.815. The number of pyridine rings is 1. The van der Waals surface area contributed by atoms with Gasteiger partial charge >= 0.3 is 0 Å². The molecule has 5 heteroatoms. The predicted molar refractivity (Wildman–Crippen MR) is 64.4 cm³/mol. The van der Waals surface area contributed by atoms with Gasteiger partial charge in [-0.15, -0.1) is 0 Å². The van der Waals surface area contributed by atoms with E-state index in [-0.39, 0.29) is 10.6 Å². The number of aromatic nitrogens is 1. The molecule has 0 saturated heterocycles. The smallest absolute Gasteiger partial charge is 0.166 e. The fourth-order valence-electron chi connectivity index (χ4n) is 1.70. The van der Waals surface area contributed by atoms with E-state index in [9.17, 15) is 13.9 Å². The van der Waals surface area contributed by atoms with E-state index in [2.05, 4.69) is 4.98 Å². The van der Waals surface area contributed by atoms with E-state index in [1.54, 1.807) is 13.0 Å². The fourth-order valence-corrected chi connectivity index (χ4v) is 1.95. The maximum Gasteiger partial charge on any atom is 0.166 e. The number of nitrogens with zero attached hydrogens (tertiary/aromatic N) is 1. The van der Waals surface area contributed by atoms with E-state index >= 15 is 0 Å². The third-order valence-electron chi connectivity index (χ3n) is 2.59. The van der Waals surface area contributed by atoms with Crippen LogP contribution in [0.1, 0.15) is 22.9 Å². The van der Waals surface area contributed by atoms with E-state index in [1.165, 1.54) is 18.3 Å². The Kier molecular flexibility index (Phi) is 3.59. The number of hydrogen-bond donors (Lipinski definition) is 1. The SMILES string of the molecule is Cc1cc(C(O)c2c(Cl)ccc(F)c2F)ccn1. The number of rotatable bonds is 2. The Balaban J connectivity index is 2.52. The fraction of sp³-hybridized carbons (Fsp3) is 0.154. The summed E-state index contributed by atoms with van der Waals surface area (Å²) in [5.74, 6) is -2.18. The number of aryl methyl sites for hydroxylation is 1. The van der Waals surface area contributed by atoms with Crippen LogP contribution in [0.25, 0.3) is 0 Å². The Morgan fingerprint density at radius 3 is 2.67 bits per heavy atom. The molecule has 18 heavy (non-hydrogen) atoms. The van der Waals surface area contributed by atoms with Crippen LogP contribution < -0.4 is 0 Å². The molecule has 2 aromatic rings. The first kappa shape index (κ1) is 12.9. The number of hydrogen-bond acceptors (Lipinski definition) is 2. The molecule has 0 aliphatic heterocycles. The van der Waals surface area contributed by atoms with Gasteiger partial charge in [0.2, 0.25) is 0 Å². The normalized spacial score (nSPS) is 12.5. The summed E-state index contributed by atoms with van der Waals surface area (Å²) in [7, 11) is 0. The molecule has 1 aromatic heterocycles. The van der Waals surface area contributed by atoms with Crippen molar-refractivity contribution < 1.29 is 13.9 Å². The molecule has 2 rings (SSSR count). The highest BCUT2D eigenvalue weighted by atomic mass is 35.5. The van der Waals surface area contributed by atoms with E-state index < -0.39 is 17.7 Å². The Morgan fingerprint density at radius 2 is 2.00 bits per heavy atom. The van der Waals surface area contributed by atoms with Gasteiger partial charge in [-0.25, -0.2) is 8.78 Å². The summed E-state index contributed by atoms with van der Waals surface area (Å²) < 4.78 is 26.8. The van der Waals surface area contributed by atoms with Crippen LogP contribution in [0.15, 0.2) is 30.5 Å². The zero-order valence-corrected chi connectivity index (χ0v) is 10.2. The van der Waals surface area contributed by atoms with Gasteiger partial charge < -0.3 is 5.11 Å². The zero-order chi connectivity index (χ0) is 13.3. The van der Waals surface area contributed by atoms with Crippen LogP contribution in [-0.2, 0) is 0 Å². The molecule has 1 unspecified atom stereocenters. The third-order valence-corrected chi connectivity index (χ3v) is 2.92. The van der Waals surface area contributed by atoms with Crippen molar-refractivity contribution >= 4 is 11.6 Å². The van der Waals surface area contributed by atoms with Gasteiger partial charge in [0.15, 0.2) is 11.6 Å². The monoisotopic (exact) mass is 269 g/mol. The van der Waals surface area contributed by atoms with Crippen LogP contribution >= 0.6 is 11.6 Å².